The highest BCUT2D eigenvalue weighted by atomic mass is 19.1. The second-order valence-corrected chi connectivity index (χ2v) is 8.50. The molecule has 0 bridgehead atoms. The van der Waals surface area contributed by atoms with Crippen molar-refractivity contribution in [3.05, 3.63) is 60.4 Å². The van der Waals surface area contributed by atoms with Crippen molar-refractivity contribution in [2.75, 3.05) is 30.4 Å². The van der Waals surface area contributed by atoms with Gasteiger partial charge in [-0.25, -0.2) is 13.6 Å². The average Bonchev–Trinajstić information content (AvgIpc) is 3.30. The largest absolute Gasteiger partial charge is 0.354 e. The third-order valence-corrected chi connectivity index (χ3v) is 6.39. The van der Waals surface area contributed by atoms with Crippen molar-refractivity contribution < 1.29 is 13.6 Å². The van der Waals surface area contributed by atoms with Gasteiger partial charge >= 0.3 is 6.03 Å². The molecule has 1 N–H and O–H groups in total. The molecule has 0 unspecified atom stereocenters. The van der Waals surface area contributed by atoms with Gasteiger partial charge in [-0.15, -0.1) is 10.2 Å². The summed E-state index contributed by atoms with van der Waals surface area (Å²) in [6, 6.07) is 8.32. The number of fused-ring (bicyclic) bond motifs is 1. The van der Waals surface area contributed by atoms with Crippen LogP contribution < -0.4 is 10.2 Å². The molecular formula is C24H24F2N8O. The monoisotopic (exact) mass is 478 g/mol. The van der Waals surface area contributed by atoms with Crippen LogP contribution in [0, 0.1) is 11.6 Å². The first kappa shape index (κ1) is 22.6. The minimum Gasteiger partial charge on any atom is -0.354 e. The van der Waals surface area contributed by atoms with Crippen LogP contribution in [-0.2, 0) is 7.05 Å². The lowest BCUT2D eigenvalue weighted by Crippen LogP contribution is -2.47. The van der Waals surface area contributed by atoms with E-state index >= 15 is 0 Å². The zero-order valence-corrected chi connectivity index (χ0v) is 19.3. The van der Waals surface area contributed by atoms with E-state index in [1.807, 2.05) is 25.2 Å². The molecule has 5 rings (SSSR count). The number of pyridine rings is 1. The van der Waals surface area contributed by atoms with Crippen LogP contribution in [0.1, 0.15) is 12.8 Å². The average molecular weight is 479 g/mol. The lowest BCUT2D eigenvalue weighted by atomic mass is 10.0. The molecule has 2 amide bonds. The van der Waals surface area contributed by atoms with E-state index < -0.39 is 17.7 Å². The second kappa shape index (κ2) is 9.24. The number of urea groups is 1. The molecule has 9 nitrogen and oxygen atoms in total. The van der Waals surface area contributed by atoms with Gasteiger partial charge in [0.2, 0.25) is 0 Å². The quantitative estimate of drug-likeness (QED) is 0.479. The molecule has 0 spiro atoms. The fraction of sp³-hybridized carbons (Fsp3) is 0.292. The number of hydrogen-bond donors (Lipinski definition) is 1. The van der Waals surface area contributed by atoms with Gasteiger partial charge in [0.05, 0.1) is 11.4 Å². The van der Waals surface area contributed by atoms with Crippen LogP contribution >= 0.6 is 0 Å². The number of amides is 2. The predicted octanol–water partition coefficient (Wildman–Crippen LogP) is 3.84. The number of aryl methyl sites for hydroxylation is 1. The Morgan fingerprint density at radius 2 is 1.91 bits per heavy atom. The Kier molecular flexibility index (Phi) is 5.98. The molecule has 3 aromatic heterocycles. The first-order chi connectivity index (χ1) is 16.9. The summed E-state index contributed by atoms with van der Waals surface area (Å²) in [6.45, 7) is 1.33. The van der Waals surface area contributed by atoms with Crippen LogP contribution in [0.5, 0.6) is 0 Å². The topological polar surface area (TPSA) is 92.1 Å². The van der Waals surface area contributed by atoms with Gasteiger partial charge in [0.1, 0.15) is 22.8 Å². The van der Waals surface area contributed by atoms with E-state index in [4.69, 9.17) is 0 Å². The van der Waals surface area contributed by atoms with Gasteiger partial charge in [-0.2, -0.15) is 5.10 Å². The third-order valence-electron chi connectivity index (χ3n) is 6.39. The number of aromatic nitrogens is 5. The van der Waals surface area contributed by atoms with Crippen molar-refractivity contribution in [1.82, 2.24) is 29.9 Å². The number of anilines is 2. The Labute approximate surface area is 200 Å². The van der Waals surface area contributed by atoms with E-state index in [-0.39, 0.29) is 11.7 Å². The summed E-state index contributed by atoms with van der Waals surface area (Å²) in [5.74, 6) is -0.756. The Hall–Kier alpha value is -4.15. The Balaban J connectivity index is 1.30. The zero-order valence-electron chi connectivity index (χ0n) is 19.3. The van der Waals surface area contributed by atoms with Gasteiger partial charge in [0.25, 0.3) is 0 Å². The maximum atomic E-state index is 13.9. The second-order valence-electron chi connectivity index (χ2n) is 8.50. The van der Waals surface area contributed by atoms with E-state index in [9.17, 15) is 13.6 Å². The van der Waals surface area contributed by atoms with Gasteiger partial charge in [-0.3, -0.25) is 9.67 Å². The highest BCUT2D eigenvalue weighted by Crippen LogP contribution is 2.31. The maximum absolute atomic E-state index is 13.9. The van der Waals surface area contributed by atoms with Crippen molar-refractivity contribution in [3.63, 3.8) is 0 Å². The summed E-state index contributed by atoms with van der Waals surface area (Å²) in [5, 5.41) is 16.7. The molecule has 4 heterocycles. The molecule has 180 valence electrons. The van der Waals surface area contributed by atoms with Crippen LogP contribution in [0.15, 0.2) is 48.8 Å². The van der Waals surface area contributed by atoms with Crippen LogP contribution in [0.3, 0.4) is 0 Å². The number of benzene rings is 1. The van der Waals surface area contributed by atoms with Crippen molar-refractivity contribution >= 4 is 28.4 Å². The van der Waals surface area contributed by atoms with E-state index in [2.05, 4.69) is 30.5 Å². The SMILES string of the molecule is CN(C(=O)Nc1ccc(F)cc1F)C1CCN(c2nnc(-c3ccnn3C)c3ncccc23)CC1. The lowest BCUT2D eigenvalue weighted by molar-refractivity contribution is 0.193. The lowest BCUT2D eigenvalue weighted by Gasteiger charge is -2.37. The van der Waals surface area contributed by atoms with Crippen molar-refractivity contribution in [2.45, 2.75) is 18.9 Å². The zero-order chi connectivity index (χ0) is 24.5. The summed E-state index contributed by atoms with van der Waals surface area (Å²) in [7, 11) is 3.53. The van der Waals surface area contributed by atoms with Crippen LogP contribution in [0.4, 0.5) is 25.1 Å². The molecule has 0 radical (unpaired) electrons. The number of hydrogen-bond acceptors (Lipinski definition) is 6. The number of rotatable bonds is 4. The maximum Gasteiger partial charge on any atom is 0.321 e. The molecule has 0 saturated carbocycles. The summed E-state index contributed by atoms with van der Waals surface area (Å²) in [4.78, 5) is 20.9. The molecule has 1 fully saturated rings. The molecule has 1 aliphatic heterocycles. The first-order valence-electron chi connectivity index (χ1n) is 11.3. The Bertz CT molecular complexity index is 1380. The summed E-state index contributed by atoms with van der Waals surface area (Å²) >= 11 is 0. The highest BCUT2D eigenvalue weighted by Gasteiger charge is 2.28. The van der Waals surface area contributed by atoms with E-state index in [1.165, 1.54) is 6.07 Å². The smallest absolute Gasteiger partial charge is 0.321 e. The summed E-state index contributed by atoms with van der Waals surface area (Å²) < 4.78 is 28.8. The fourth-order valence-electron chi connectivity index (χ4n) is 4.41. The van der Waals surface area contributed by atoms with Gasteiger partial charge in [0, 0.05) is 57.1 Å². The summed E-state index contributed by atoms with van der Waals surface area (Å²) in [6.07, 6.45) is 4.84. The molecule has 4 aromatic rings. The number of nitrogens with zero attached hydrogens (tertiary/aromatic N) is 7. The molecule has 1 saturated heterocycles. The molecule has 0 atom stereocenters. The minimum atomic E-state index is -0.810. The van der Waals surface area contributed by atoms with Crippen molar-refractivity contribution in [1.29, 1.82) is 0 Å². The van der Waals surface area contributed by atoms with E-state index in [0.29, 0.717) is 31.6 Å². The first-order valence-corrected chi connectivity index (χ1v) is 11.3. The molecule has 1 aromatic carbocycles. The predicted molar refractivity (Wildman–Crippen MR) is 128 cm³/mol. The minimum absolute atomic E-state index is 0.0409. The molecule has 35 heavy (non-hydrogen) atoms. The van der Waals surface area contributed by atoms with Gasteiger partial charge in [-0.1, -0.05) is 0 Å². The number of carbonyl (C=O) groups excluding carboxylic acids is 1. The van der Waals surface area contributed by atoms with E-state index in [1.54, 1.807) is 29.0 Å². The Morgan fingerprint density at radius 3 is 2.63 bits per heavy atom. The molecule has 0 aliphatic carbocycles. The number of carbonyl (C=O) groups is 1. The van der Waals surface area contributed by atoms with Crippen LogP contribution in [0.25, 0.3) is 22.3 Å². The van der Waals surface area contributed by atoms with Gasteiger partial charge < -0.3 is 15.1 Å². The van der Waals surface area contributed by atoms with Gasteiger partial charge in [-0.05, 0) is 43.2 Å². The fourth-order valence-corrected chi connectivity index (χ4v) is 4.41. The van der Waals surface area contributed by atoms with E-state index in [0.717, 1.165) is 34.5 Å². The molecule has 11 heteroatoms. The highest BCUT2D eigenvalue weighted by molar-refractivity contribution is 5.97. The normalized spacial score (nSPS) is 14.3. The van der Waals surface area contributed by atoms with Crippen molar-refractivity contribution in [3.8, 4) is 11.4 Å². The molecular weight excluding hydrogens is 454 g/mol. The third kappa shape index (κ3) is 4.36. The van der Waals surface area contributed by atoms with Crippen molar-refractivity contribution in [2.24, 2.45) is 7.05 Å². The summed E-state index contributed by atoms with van der Waals surface area (Å²) in [5.41, 5.74) is 2.20. The number of nitrogens with one attached hydrogen (secondary N) is 1. The number of piperidine rings is 1. The van der Waals surface area contributed by atoms with Gasteiger partial charge in [0.15, 0.2) is 5.82 Å². The van der Waals surface area contributed by atoms with Crippen LogP contribution in [0.2, 0.25) is 0 Å². The van der Waals surface area contributed by atoms with Crippen LogP contribution in [-0.4, -0.2) is 62.1 Å². The molecule has 1 aliphatic rings. The number of halogens is 2. The Morgan fingerprint density at radius 1 is 1.11 bits per heavy atom. The standard InChI is InChI=1S/C24H24F2N8O/c1-32(24(35)29-19-6-5-15(25)14-18(19)26)16-8-12-34(13-9-16)23-17-4-3-10-27-21(17)22(30-31-23)20-7-11-28-33(20)2/h3-7,10-11,14,16H,8-9,12-13H2,1-2H3,(H,29,35).